The summed E-state index contributed by atoms with van der Waals surface area (Å²) in [6.45, 7) is 15.8. The third kappa shape index (κ3) is 9.89. The number of amidine groups is 1. The van der Waals surface area contributed by atoms with Gasteiger partial charge in [0.25, 0.3) is 0 Å². The Morgan fingerprint density at radius 3 is 2.45 bits per heavy atom. The lowest BCUT2D eigenvalue weighted by atomic mass is 9.88. The highest BCUT2D eigenvalue weighted by molar-refractivity contribution is 5.94. The number of ether oxygens (including phenoxy) is 1. The van der Waals surface area contributed by atoms with Crippen LogP contribution in [0, 0.1) is 0 Å². The number of aliphatic imine (C=N–C) groups is 1. The fourth-order valence-electron chi connectivity index (χ4n) is 4.43. The van der Waals surface area contributed by atoms with Gasteiger partial charge in [-0.15, -0.1) is 6.58 Å². The van der Waals surface area contributed by atoms with Gasteiger partial charge in [-0.2, -0.15) is 0 Å². The first kappa shape index (κ1) is 31.0. The summed E-state index contributed by atoms with van der Waals surface area (Å²) in [4.78, 5) is 9.25. The molecule has 2 aromatic rings. The molecule has 0 aromatic heterocycles. The number of rotatable bonds is 12. The fourth-order valence-corrected chi connectivity index (χ4v) is 4.43. The minimum atomic E-state index is 0.220. The van der Waals surface area contributed by atoms with Crippen molar-refractivity contribution >= 4 is 5.84 Å². The molecule has 1 aliphatic rings. The first-order valence-corrected chi connectivity index (χ1v) is 14.2. The zero-order chi connectivity index (χ0) is 27.8. The van der Waals surface area contributed by atoms with Gasteiger partial charge < -0.3 is 14.5 Å². The van der Waals surface area contributed by atoms with Crippen LogP contribution in [-0.2, 0) is 12.8 Å². The first-order chi connectivity index (χ1) is 18.4. The number of unbranched alkanes of at least 4 members (excludes halogenated alkanes) is 3. The molecule has 0 amide bonds. The zero-order valence-electron chi connectivity index (χ0n) is 24.5. The molecule has 1 atom stereocenters. The smallest absolute Gasteiger partial charge is 0.131 e. The van der Waals surface area contributed by atoms with Gasteiger partial charge in [0.2, 0.25) is 0 Å². The van der Waals surface area contributed by atoms with E-state index in [0.29, 0.717) is 0 Å². The maximum absolute atomic E-state index is 5.76. The van der Waals surface area contributed by atoms with Crippen LogP contribution in [0.2, 0.25) is 0 Å². The highest BCUT2D eigenvalue weighted by Crippen LogP contribution is 2.33. The van der Waals surface area contributed by atoms with E-state index in [9.17, 15) is 0 Å². The third-order valence-electron chi connectivity index (χ3n) is 6.62. The molecular weight excluding hydrogens is 466 g/mol. The molecule has 1 heterocycles. The molecule has 0 bridgehead atoms. The predicted molar refractivity (Wildman–Crippen MR) is 165 cm³/mol. The van der Waals surface area contributed by atoms with Crippen LogP contribution in [0.4, 0.5) is 0 Å². The lowest BCUT2D eigenvalue weighted by Crippen LogP contribution is -2.40. The van der Waals surface area contributed by atoms with E-state index in [-0.39, 0.29) is 6.04 Å². The number of hydrogen-bond acceptors (Lipinski definition) is 3. The van der Waals surface area contributed by atoms with Gasteiger partial charge in [-0.25, -0.2) is 4.99 Å². The maximum Gasteiger partial charge on any atom is 0.131 e. The number of fused-ring (bicyclic) bond motifs is 1. The standard InChI is InChI=1S/C27H35N3O.C7H14/c1-6-10-27(28-21(3)29(4)5)30-18-17-23-11-8-9-12-25(23)26(30)20-22-13-15-24(16-14-22)31-19-7-2;1-3-5-7-6-4-2/h6,8-16,26H,3,7,17-20H2,1-2,4-5H3;3H,1,4-7H2,2H3/b10-6-,28-27+;. The summed E-state index contributed by atoms with van der Waals surface area (Å²) in [6.07, 6.45) is 14.2. The minimum absolute atomic E-state index is 0.220. The summed E-state index contributed by atoms with van der Waals surface area (Å²) < 4.78 is 5.76. The lowest BCUT2D eigenvalue weighted by molar-refractivity contribution is 0.296. The summed E-state index contributed by atoms with van der Waals surface area (Å²) >= 11 is 0. The Morgan fingerprint density at radius 1 is 1.08 bits per heavy atom. The summed E-state index contributed by atoms with van der Waals surface area (Å²) in [5, 5.41) is 0. The molecule has 206 valence electrons. The summed E-state index contributed by atoms with van der Waals surface area (Å²) in [6, 6.07) is 17.6. The van der Waals surface area contributed by atoms with Gasteiger partial charge in [0, 0.05) is 20.6 Å². The molecular formula is C34H49N3O. The molecule has 0 saturated heterocycles. The molecule has 1 aliphatic heterocycles. The average molecular weight is 516 g/mol. The van der Waals surface area contributed by atoms with Crippen LogP contribution in [0.5, 0.6) is 5.75 Å². The summed E-state index contributed by atoms with van der Waals surface area (Å²) in [7, 11) is 3.95. The summed E-state index contributed by atoms with van der Waals surface area (Å²) in [5.74, 6) is 2.65. The molecule has 0 radical (unpaired) electrons. The van der Waals surface area contributed by atoms with Crippen molar-refractivity contribution in [1.29, 1.82) is 0 Å². The molecule has 4 nitrogen and oxygen atoms in total. The second kappa shape index (κ2) is 17.3. The van der Waals surface area contributed by atoms with Gasteiger partial charge in [0.15, 0.2) is 0 Å². The van der Waals surface area contributed by atoms with Crippen molar-refractivity contribution < 1.29 is 4.74 Å². The zero-order valence-corrected chi connectivity index (χ0v) is 24.5. The van der Waals surface area contributed by atoms with E-state index < -0.39 is 0 Å². The van der Waals surface area contributed by atoms with Crippen LogP contribution in [0.1, 0.15) is 75.6 Å². The van der Waals surface area contributed by atoms with Crippen molar-refractivity contribution in [2.24, 2.45) is 4.99 Å². The maximum atomic E-state index is 5.76. The van der Waals surface area contributed by atoms with Crippen LogP contribution in [0.15, 0.2) is 90.7 Å². The van der Waals surface area contributed by atoms with Gasteiger partial charge in [-0.05, 0) is 73.9 Å². The average Bonchev–Trinajstić information content (AvgIpc) is 2.93. The Bertz CT molecular complexity index is 1040. The van der Waals surface area contributed by atoms with Crippen LogP contribution >= 0.6 is 0 Å². The molecule has 0 spiro atoms. The monoisotopic (exact) mass is 515 g/mol. The quantitative estimate of drug-likeness (QED) is 0.123. The lowest BCUT2D eigenvalue weighted by Gasteiger charge is -2.39. The van der Waals surface area contributed by atoms with E-state index in [4.69, 9.17) is 9.73 Å². The predicted octanol–water partition coefficient (Wildman–Crippen LogP) is 8.38. The van der Waals surface area contributed by atoms with Gasteiger partial charge in [-0.1, -0.05) is 81.8 Å². The van der Waals surface area contributed by atoms with E-state index >= 15 is 0 Å². The highest BCUT2D eigenvalue weighted by Gasteiger charge is 2.29. The van der Waals surface area contributed by atoms with Crippen molar-refractivity contribution in [2.45, 2.75) is 71.8 Å². The summed E-state index contributed by atoms with van der Waals surface area (Å²) in [5.41, 5.74) is 4.10. The first-order valence-electron chi connectivity index (χ1n) is 14.2. The SMILES string of the molecule is C=C(/N=C(\C=C/C)N1CCc2ccccc2C1Cc1ccc(OCCC)cc1)N(C)C.C=CCCCCC. The molecule has 38 heavy (non-hydrogen) atoms. The molecule has 0 saturated carbocycles. The van der Waals surface area contributed by atoms with Gasteiger partial charge in [-0.3, -0.25) is 0 Å². The van der Waals surface area contributed by atoms with E-state index in [1.807, 2.05) is 32.0 Å². The molecule has 0 N–H and O–H groups in total. The van der Waals surface area contributed by atoms with Crippen molar-refractivity contribution in [3.8, 4) is 5.75 Å². The fraction of sp³-hybridized carbons (Fsp3) is 0.441. The largest absolute Gasteiger partial charge is 0.494 e. The highest BCUT2D eigenvalue weighted by atomic mass is 16.5. The Hall–Kier alpha value is -3.27. The van der Waals surface area contributed by atoms with Crippen molar-refractivity contribution in [3.05, 3.63) is 102 Å². The van der Waals surface area contributed by atoms with Gasteiger partial charge in [0.1, 0.15) is 17.4 Å². The van der Waals surface area contributed by atoms with Gasteiger partial charge in [0.05, 0.1) is 12.6 Å². The topological polar surface area (TPSA) is 28.1 Å². The van der Waals surface area contributed by atoms with Gasteiger partial charge >= 0.3 is 0 Å². The number of allylic oxidation sites excluding steroid dienone is 2. The number of benzene rings is 2. The van der Waals surface area contributed by atoms with Crippen molar-refractivity contribution in [1.82, 2.24) is 9.80 Å². The van der Waals surface area contributed by atoms with E-state index in [0.717, 1.165) is 49.8 Å². The van der Waals surface area contributed by atoms with E-state index in [2.05, 4.69) is 92.6 Å². The van der Waals surface area contributed by atoms with E-state index in [1.165, 1.54) is 42.4 Å². The molecule has 2 aromatic carbocycles. The molecule has 0 fully saturated rings. The molecule has 0 aliphatic carbocycles. The minimum Gasteiger partial charge on any atom is -0.494 e. The Morgan fingerprint density at radius 2 is 1.82 bits per heavy atom. The molecule has 4 heteroatoms. The van der Waals surface area contributed by atoms with Crippen LogP contribution in [0.3, 0.4) is 0 Å². The van der Waals surface area contributed by atoms with Crippen LogP contribution in [-0.4, -0.2) is 42.9 Å². The van der Waals surface area contributed by atoms with Crippen molar-refractivity contribution in [2.75, 3.05) is 27.2 Å². The third-order valence-corrected chi connectivity index (χ3v) is 6.62. The number of nitrogens with zero attached hydrogens (tertiary/aromatic N) is 3. The second-order valence-corrected chi connectivity index (χ2v) is 9.92. The Kier molecular flexibility index (Phi) is 14.1. The van der Waals surface area contributed by atoms with Crippen LogP contribution < -0.4 is 4.74 Å². The number of hydrogen-bond donors (Lipinski definition) is 0. The second-order valence-electron chi connectivity index (χ2n) is 9.92. The normalized spacial score (nSPS) is 14.9. The molecule has 1 unspecified atom stereocenters. The van der Waals surface area contributed by atoms with E-state index in [1.54, 1.807) is 0 Å². The molecule has 3 rings (SSSR count). The Labute approximate surface area is 232 Å². The van der Waals surface area contributed by atoms with Crippen LogP contribution in [0.25, 0.3) is 0 Å². The van der Waals surface area contributed by atoms with Crippen molar-refractivity contribution in [3.63, 3.8) is 0 Å². The Balaban J connectivity index is 0.000000638.